The lowest BCUT2D eigenvalue weighted by Gasteiger charge is -2.39. The minimum atomic E-state index is 0.0261. The molecule has 6 nitrogen and oxygen atoms in total. The molecular formula is C25H30N4O2. The molecule has 0 aliphatic carbocycles. The molecular weight excluding hydrogens is 388 g/mol. The van der Waals surface area contributed by atoms with Gasteiger partial charge in [0.1, 0.15) is 5.82 Å². The third-order valence-corrected chi connectivity index (χ3v) is 6.20. The first kappa shape index (κ1) is 21.2. The summed E-state index contributed by atoms with van der Waals surface area (Å²) < 4.78 is 1.81. The summed E-state index contributed by atoms with van der Waals surface area (Å²) in [5.74, 6) is 1.01. The molecule has 1 fully saturated rings. The third kappa shape index (κ3) is 4.39. The van der Waals surface area contributed by atoms with Gasteiger partial charge in [-0.05, 0) is 31.0 Å². The first-order chi connectivity index (χ1) is 15.1. The number of hydrogen-bond donors (Lipinski definition) is 0. The van der Waals surface area contributed by atoms with Crippen LogP contribution in [0.15, 0.2) is 59.4 Å². The van der Waals surface area contributed by atoms with Gasteiger partial charge in [-0.15, -0.1) is 0 Å². The summed E-state index contributed by atoms with van der Waals surface area (Å²) >= 11 is 0. The Bertz CT molecular complexity index is 1100. The molecule has 1 saturated heterocycles. The lowest BCUT2D eigenvalue weighted by molar-refractivity contribution is -0.132. The summed E-state index contributed by atoms with van der Waals surface area (Å²) in [4.78, 5) is 35.0. The number of hydrogen-bond acceptors (Lipinski definition) is 4. The number of carbonyl (C=O) groups excluding carboxylic acids is 1. The second-order valence-corrected chi connectivity index (χ2v) is 8.04. The minimum absolute atomic E-state index is 0.0261. The number of carbonyl (C=O) groups is 1. The van der Waals surface area contributed by atoms with Gasteiger partial charge in [0.15, 0.2) is 0 Å². The number of fused-ring (bicyclic) bond motifs is 1. The van der Waals surface area contributed by atoms with Crippen molar-refractivity contribution < 1.29 is 4.79 Å². The van der Waals surface area contributed by atoms with Crippen LogP contribution in [0.5, 0.6) is 0 Å². The monoisotopic (exact) mass is 418 g/mol. The van der Waals surface area contributed by atoms with Crippen LogP contribution in [0, 0.1) is 0 Å². The van der Waals surface area contributed by atoms with E-state index in [4.69, 9.17) is 4.98 Å². The molecule has 1 amide bonds. The molecule has 0 spiro atoms. The largest absolute Gasteiger partial charge is 0.340 e. The topological polar surface area (TPSA) is 58.4 Å². The van der Waals surface area contributed by atoms with E-state index in [-0.39, 0.29) is 17.5 Å². The van der Waals surface area contributed by atoms with E-state index in [1.54, 1.807) is 0 Å². The number of nitrogens with zero attached hydrogens (tertiary/aromatic N) is 4. The van der Waals surface area contributed by atoms with Crippen LogP contribution >= 0.6 is 0 Å². The van der Waals surface area contributed by atoms with E-state index >= 15 is 0 Å². The fraction of sp³-hybridized carbons (Fsp3) is 0.400. The molecule has 0 saturated carbocycles. The molecule has 1 aromatic heterocycles. The van der Waals surface area contributed by atoms with Gasteiger partial charge >= 0.3 is 0 Å². The van der Waals surface area contributed by atoms with Crippen molar-refractivity contribution in [1.29, 1.82) is 0 Å². The Hall–Kier alpha value is -2.99. The van der Waals surface area contributed by atoms with Gasteiger partial charge < -0.3 is 4.90 Å². The molecule has 31 heavy (non-hydrogen) atoms. The highest BCUT2D eigenvalue weighted by atomic mass is 16.2. The van der Waals surface area contributed by atoms with E-state index in [1.807, 2.05) is 71.0 Å². The lowest BCUT2D eigenvalue weighted by Crippen LogP contribution is -2.50. The molecule has 2 aromatic carbocycles. The lowest BCUT2D eigenvalue weighted by atomic mass is 10.1. The molecule has 6 heteroatoms. The van der Waals surface area contributed by atoms with Crippen molar-refractivity contribution in [1.82, 2.24) is 19.4 Å². The molecule has 162 valence electrons. The Labute approximate surface area is 183 Å². The second-order valence-electron chi connectivity index (χ2n) is 8.04. The van der Waals surface area contributed by atoms with Crippen LogP contribution in [0.1, 0.15) is 37.7 Å². The number of amides is 1. The number of rotatable bonds is 6. The smallest absolute Gasteiger partial charge is 0.261 e. The average molecular weight is 419 g/mol. The van der Waals surface area contributed by atoms with Crippen LogP contribution in [-0.4, -0.2) is 51.4 Å². The van der Waals surface area contributed by atoms with Crippen molar-refractivity contribution in [2.75, 3.05) is 26.2 Å². The molecule has 1 unspecified atom stereocenters. The zero-order valence-corrected chi connectivity index (χ0v) is 18.3. The van der Waals surface area contributed by atoms with Crippen molar-refractivity contribution in [3.05, 3.63) is 76.3 Å². The molecule has 1 aliphatic rings. The van der Waals surface area contributed by atoms with Crippen molar-refractivity contribution in [2.45, 2.75) is 39.3 Å². The number of para-hydroxylation sites is 1. The summed E-state index contributed by atoms with van der Waals surface area (Å²) in [6.45, 7) is 7.69. The molecule has 0 bridgehead atoms. The van der Waals surface area contributed by atoms with Gasteiger partial charge in [-0.3, -0.25) is 19.1 Å². The zero-order chi connectivity index (χ0) is 21.8. The van der Waals surface area contributed by atoms with Gasteiger partial charge in [-0.2, -0.15) is 0 Å². The number of piperazine rings is 1. The van der Waals surface area contributed by atoms with E-state index in [0.717, 1.165) is 36.4 Å². The SMILES string of the molecule is CCC(c1nc2ccccc2c(=O)n1CC)N1CCN(C(=O)Cc2ccccc2)CC1. The maximum absolute atomic E-state index is 13.0. The van der Waals surface area contributed by atoms with Crippen molar-refractivity contribution in [3.63, 3.8) is 0 Å². The Balaban J connectivity index is 1.51. The maximum Gasteiger partial charge on any atom is 0.261 e. The Morgan fingerprint density at radius 2 is 1.65 bits per heavy atom. The predicted octanol–water partition coefficient (Wildman–Crippen LogP) is 3.25. The summed E-state index contributed by atoms with van der Waals surface area (Å²) in [6.07, 6.45) is 1.31. The summed E-state index contributed by atoms with van der Waals surface area (Å²) in [6, 6.07) is 17.5. The fourth-order valence-corrected chi connectivity index (χ4v) is 4.51. The normalized spacial score (nSPS) is 15.9. The van der Waals surface area contributed by atoms with Crippen molar-refractivity contribution in [2.24, 2.45) is 0 Å². The van der Waals surface area contributed by atoms with Gasteiger partial charge in [0.05, 0.1) is 23.4 Å². The Morgan fingerprint density at radius 1 is 0.968 bits per heavy atom. The second kappa shape index (κ2) is 9.43. The molecule has 3 aromatic rings. The highest BCUT2D eigenvalue weighted by Crippen LogP contribution is 2.25. The number of aromatic nitrogens is 2. The zero-order valence-electron chi connectivity index (χ0n) is 18.3. The number of benzene rings is 2. The quantitative estimate of drug-likeness (QED) is 0.617. The summed E-state index contributed by atoms with van der Waals surface area (Å²) in [7, 11) is 0. The third-order valence-electron chi connectivity index (χ3n) is 6.20. The fourth-order valence-electron chi connectivity index (χ4n) is 4.51. The summed E-state index contributed by atoms with van der Waals surface area (Å²) in [5.41, 5.74) is 1.83. The molecule has 1 aliphatic heterocycles. The van der Waals surface area contributed by atoms with Gasteiger partial charge in [0, 0.05) is 32.7 Å². The van der Waals surface area contributed by atoms with Crippen LogP contribution in [0.2, 0.25) is 0 Å². The summed E-state index contributed by atoms with van der Waals surface area (Å²) in [5, 5.41) is 0.666. The van der Waals surface area contributed by atoms with Gasteiger partial charge in [-0.1, -0.05) is 49.4 Å². The van der Waals surface area contributed by atoms with Crippen molar-refractivity contribution >= 4 is 16.8 Å². The van der Waals surface area contributed by atoms with Crippen LogP contribution in [0.25, 0.3) is 10.9 Å². The van der Waals surface area contributed by atoms with Gasteiger partial charge in [0.25, 0.3) is 5.56 Å². The standard InChI is InChI=1S/C25H30N4O2/c1-3-22(24-26-21-13-9-8-12-20(21)25(31)29(24)4-2)27-14-16-28(17-15-27)23(30)18-19-10-6-5-7-11-19/h5-13,22H,3-4,14-18H2,1-2H3. The first-order valence-corrected chi connectivity index (χ1v) is 11.2. The van der Waals surface area contributed by atoms with E-state index in [0.29, 0.717) is 31.4 Å². The predicted molar refractivity (Wildman–Crippen MR) is 123 cm³/mol. The van der Waals surface area contributed by atoms with Crippen LogP contribution in [-0.2, 0) is 17.8 Å². The van der Waals surface area contributed by atoms with E-state index in [2.05, 4.69) is 11.8 Å². The molecule has 2 heterocycles. The molecule has 4 rings (SSSR count). The van der Waals surface area contributed by atoms with Crippen LogP contribution in [0.4, 0.5) is 0 Å². The van der Waals surface area contributed by atoms with Crippen LogP contribution < -0.4 is 5.56 Å². The van der Waals surface area contributed by atoms with Crippen molar-refractivity contribution in [3.8, 4) is 0 Å². The molecule has 0 radical (unpaired) electrons. The van der Waals surface area contributed by atoms with Gasteiger partial charge in [0.2, 0.25) is 5.91 Å². The first-order valence-electron chi connectivity index (χ1n) is 11.2. The maximum atomic E-state index is 13.0. The Morgan fingerprint density at radius 3 is 2.32 bits per heavy atom. The highest BCUT2D eigenvalue weighted by molar-refractivity contribution is 5.79. The van der Waals surface area contributed by atoms with Crippen LogP contribution in [0.3, 0.4) is 0 Å². The molecule has 0 N–H and O–H groups in total. The van der Waals surface area contributed by atoms with E-state index < -0.39 is 0 Å². The highest BCUT2D eigenvalue weighted by Gasteiger charge is 2.29. The Kier molecular flexibility index (Phi) is 6.47. The minimum Gasteiger partial charge on any atom is -0.340 e. The van der Waals surface area contributed by atoms with E-state index in [9.17, 15) is 9.59 Å². The average Bonchev–Trinajstić information content (AvgIpc) is 2.81. The van der Waals surface area contributed by atoms with Gasteiger partial charge in [-0.25, -0.2) is 4.98 Å². The molecule has 1 atom stereocenters. The van der Waals surface area contributed by atoms with E-state index in [1.165, 1.54) is 0 Å².